The Balaban J connectivity index is 1.17. The zero-order chi connectivity index (χ0) is 39.5. The summed E-state index contributed by atoms with van der Waals surface area (Å²) in [5.41, 5.74) is 14.0. The fourth-order valence-electron chi connectivity index (χ4n) is 9.33. The van der Waals surface area contributed by atoms with Crippen LogP contribution >= 0.6 is 0 Å². The van der Waals surface area contributed by atoms with Crippen LogP contribution in [0.15, 0.2) is 218 Å². The number of benzene rings is 10. The molecule has 0 spiro atoms. The molecule has 2 nitrogen and oxygen atoms in total. The lowest BCUT2D eigenvalue weighted by molar-refractivity contribution is 0.632. The number of nitrogens with zero attached hydrogens (tertiary/aromatic N) is 2. The number of hydrogen-bond acceptors (Lipinski definition) is 2. The van der Waals surface area contributed by atoms with E-state index in [0.29, 0.717) is 0 Å². The number of anilines is 6. The van der Waals surface area contributed by atoms with Gasteiger partial charge >= 0.3 is 0 Å². The molecule has 2 heteroatoms. The lowest BCUT2D eigenvalue weighted by Crippen LogP contribution is -2.31. The number of hydrogen-bond donors (Lipinski definition) is 0. The molecule has 10 aromatic rings. The van der Waals surface area contributed by atoms with Gasteiger partial charge in [0.1, 0.15) is 0 Å². The Kier molecular flexibility index (Phi) is 8.20. The van der Waals surface area contributed by atoms with Crippen molar-refractivity contribution in [3.05, 3.63) is 230 Å². The molecule has 0 radical (unpaired) electrons. The number of rotatable bonds is 6. The average molecular weight is 755 g/mol. The van der Waals surface area contributed by atoms with E-state index in [1.54, 1.807) is 0 Å². The molecule has 59 heavy (non-hydrogen) atoms. The highest BCUT2D eigenvalue weighted by atomic mass is 15.2. The van der Waals surface area contributed by atoms with Gasteiger partial charge in [-0.2, -0.15) is 0 Å². The number of para-hydroxylation sites is 1. The first-order valence-electron chi connectivity index (χ1n) is 20.5. The maximum absolute atomic E-state index is 2.55. The van der Waals surface area contributed by atoms with Crippen molar-refractivity contribution in [1.29, 1.82) is 0 Å². The van der Waals surface area contributed by atoms with Crippen molar-refractivity contribution in [3.8, 4) is 22.3 Å². The van der Waals surface area contributed by atoms with Crippen molar-refractivity contribution in [1.82, 2.24) is 0 Å². The van der Waals surface area contributed by atoms with Crippen LogP contribution in [-0.2, 0) is 5.41 Å². The van der Waals surface area contributed by atoms with E-state index in [2.05, 4.69) is 242 Å². The lowest BCUT2D eigenvalue weighted by Gasteiger charge is -2.44. The Morgan fingerprint density at radius 1 is 0.356 bits per heavy atom. The van der Waals surface area contributed by atoms with Crippen LogP contribution in [0.3, 0.4) is 0 Å². The van der Waals surface area contributed by atoms with Crippen LogP contribution in [-0.4, -0.2) is 0 Å². The molecule has 11 rings (SSSR count). The molecular weight excluding hydrogens is 713 g/mol. The Labute approximate surface area is 345 Å². The Morgan fingerprint density at radius 3 is 1.66 bits per heavy atom. The topological polar surface area (TPSA) is 6.48 Å². The summed E-state index contributed by atoms with van der Waals surface area (Å²) in [6.45, 7) is 4.76. The second-order valence-electron chi connectivity index (χ2n) is 16.2. The molecule has 0 aromatic heterocycles. The lowest BCUT2D eigenvalue weighted by atomic mass is 9.72. The average Bonchev–Trinajstić information content (AvgIpc) is 3.30. The standard InChI is InChI=1S/C57H42N2/c1-57(2)51-22-12-13-23-53(51)59(54-34-30-47(38-52(54)57)46-25-24-40-16-6-8-19-44(40)36-46)56-50-21-11-10-18-43(50)29-35-55(56)58(49-33-28-41-17-7-9-20-45(41)37-49)48-31-26-42(27-32-48)39-14-4-3-5-15-39/h3-38H,1-2H3. The fraction of sp³-hybridized carbons (Fsp3) is 0.0526. The SMILES string of the molecule is CC1(C)c2ccccc2N(c2c(N(c3ccc(-c4ccccc4)cc3)c3ccc4ccccc4c3)ccc3ccccc23)c2ccc(-c3ccc4ccccc4c3)cc21. The Bertz CT molecular complexity index is 3200. The van der Waals surface area contributed by atoms with Crippen molar-refractivity contribution in [2.45, 2.75) is 19.3 Å². The van der Waals surface area contributed by atoms with E-state index in [9.17, 15) is 0 Å². The van der Waals surface area contributed by atoms with Crippen molar-refractivity contribution >= 4 is 66.4 Å². The van der Waals surface area contributed by atoms with Gasteiger partial charge in [-0.15, -0.1) is 0 Å². The minimum atomic E-state index is -0.259. The molecule has 280 valence electrons. The van der Waals surface area contributed by atoms with Crippen LogP contribution in [0.4, 0.5) is 34.1 Å². The highest BCUT2D eigenvalue weighted by Crippen LogP contribution is 2.57. The zero-order valence-electron chi connectivity index (χ0n) is 33.2. The summed E-state index contributed by atoms with van der Waals surface area (Å²) in [6.07, 6.45) is 0. The molecular formula is C57H42N2. The molecule has 1 aliphatic rings. The first-order chi connectivity index (χ1) is 29.0. The second kappa shape index (κ2) is 13.9. The highest BCUT2D eigenvalue weighted by Gasteiger charge is 2.39. The van der Waals surface area contributed by atoms with Gasteiger partial charge in [-0.1, -0.05) is 178 Å². The summed E-state index contributed by atoms with van der Waals surface area (Å²) in [5, 5.41) is 7.31. The quantitative estimate of drug-likeness (QED) is 0.167. The van der Waals surface area contributed by atoms with E-state index in [0.717, 1.165) is 22.7 Å². The Morgan fingerprint density at radius 2 is 0.881 bits per heavy atom. The maximum atomic E-state index is 2.55. The molecule has 0 saturated heterocycles. The molecule has 0 saturated carbocycles. The van der Waals surface area contributed by atoms with Crippen molar-refractivity contribution in [2.75, 3.05) is 9.80 Å². The predicted molar refractivity (Wildman–Crippen MR) is 251 cm³/mol. The molecule has 0 fully saturated rings. The summed E-state index contributed by atoms with van der Waals surface area (Å²) in [7, 11) is 0. The van der Waals surface area contributed by atoms with Crippen LogP contribution in [0.1, 0.15) is 25.0 Å². The van der Waals surface area contributed by atoms with Crippen LogP contribution in [0.25, 0.3) is 54.6 Å². The van der Waals surface area contributed by atoms with Gasteiger partial charge in [0, 0.05) is 22.2 Å². The normalized spacial score (nSPS) is 13.0. The third kappa shape index (κ3) is 5.87. The van der Waals surface area contributed by atoms with Gasteiger partial charge < -0.3 is 9.80 Å². The monoisotopic (exact) mass is 754 g/mol. The van der Waals surface area contributed by atoms with E-state index in [4.69, 9.17) is 0 Å². The van der Waals surface area contributed by atoms with E-state index >= 15 is 0 Å². The largest absolute Gasteiger partial charge is 0.308 e. The molecule has 1 aliphatic heterocycles. The molecule has 0 N–H and O–H groups in total. The molecule has 0 atom stereocenters. The predicted octanol–water partition coefficient (Wildman–Crippen LogP) is 16.1. The Hall–Kier alpha value is -7.42. The van der Waals surface area contributed by atoms with Gasteiger partial charge in [0.2, 0.25) is 0 Å². The summed E-state index contributed by atoms with van der Waals surface area (Å²) in [6, 6.07) is 80.2. The fourth-order valence-corrected chi connectivity index (χ4v) is 9.33. The van der Waals surface area contributed by atoms with E-state index in [-0.39, 0.29) is 5.41 Å². The molecule has 0 unspecified atom stereocenters. The van der Waals surface area contributed by atoms with Crippen LogP contribution in [0.2, 0.25) is 0 Å². The minimum absolute atomic E-state index is 0.259. The van der Waals surface area contributed by atoms with Gasteiger partial charge in [0.25, 0.3) is 0 Å². The van der Waals surface area contributed by atoms with E-state index in [1.165, 1.54) is 77.1 Å². The first-order valence-corrected chi connectivity index (χ1v) is 20.5. The van der Waals surface area contributed by atoms with Crippen molar-refractivity contribution in [2.24, 2.45) is 0 Å². The molecule has 0 amide bonds. The summed E-state index contributed by atoms with van der Waals surface area (Å²) in [5.74, 6) is 0. The summed E-state index contributed by atoms with van der Waals surface area (Å²) >= 11 is 0. The minimum Gasteiger partial charge on any atom is -0.308 e. The van der Waals surface area contributed by atoms with Gasteiger partial charge in [-0.25, -0.2) is 0 Å². The van der Waals surface area contributed by atoms with Crippen LogP contribution < -0.4 is 9.80 Å². The van der Waals surface area contributed by atoms with Gasteiger partial charge in [-0.3, -0.25) is 0 Å². The third-order valence-corrected chi connectivity index (χ3v) is 12.4. The second-order valence-corrected chi connectivity index (χ2v) is 16.2. The van der Waals surface area contributed by atoms with E-state index < -0.39 is 0 Å². The molecule has 10 aromatic carbocycles. The van der Waals surface area contributed by atoms with Gasteiger partial charge in [-0.05, 0) is 115 Å². The van der Waals surface area contributed by atoms with Gasteiger partial charge in [0.15, 0.2) is 0 Å². The summed E-state index contributed by atoms with van der Waals surface area (Å²) in [4.78, 5) is 5.00. The molecule has 1 heterocycles. The van der Waals surface area contributed by atoms with Gasteiger partial charge in [0.05, 0.1) is 22.7 Å². The maximum Gasteiger partial charge on any atom is 0.0781 e. The van der Waals surface area contributed by atoms with Crippen LogP contribution in [0.5, 0.6) is 0 Å². The summed E-state index contributed by atoms with van der Waals surface area (Å²) < 4.78 is 0. The van der Waals surface area contributed by atoms with Crippen molar-refractivity contribution < 1.29 is 0 Å². The highest BCUT2D eigenvalue weighted by molar-refractivity contribution is 6.09. The third-order valence-electron chi connectivity index (χ3n) is 12.4. The molecule has 0 bridgehead atoms. The first kappa shape index (κ1) is 34.8. The molecule has 0 aliphatic carbocycles. The number of fused-ring (bicyclic) bond motifs is 5. The smallest absolute Gasteiger partial charge is 0.0781 e. The zero-order valence-corrected chi connectivity index (χ0v) is 33.2. The van der Waals surface area contributed by atoms with Crippen molar-refractivity contribution in [3.63, 3.8) is 0 Å². The van der Waals surface area contributed by atoms with E-state index in [1.807, 2.05) is 0 Å². The van der Waals surface area contributed by atoms with Crippen LogP contribution in [0, 0.1) is 0 Å².